The molecule has 0 aliphatic heterocycles. The maximum atomic E-state index is 11.9. The van der Waals surface area contributed by atoms with Crippen molar-refractivity contribution in [2.24, 2.45) is 0 Å². The van der Waals surface area contributed by atoms with Crippen molar-refractivity contribution >= 4 is 29.3 Å². The van der Waals surface area contributed by atoms with Gasteiger partial charge in [0.1, 0.15) is 5.69 Å². The van der Waals surface area contributed by atoms with Crippen LogP contribution in [-0.4, -0.2) is 27.0 Å². The molecule has 2 rings (SSSR count). The van der Waals surface area contributed by atoms with Crippen molar-refractivity contribution in [3.63, 3.8) is 0 Å². The van der Waals surface area contributed by atoms with E-state index in [1.54, 1.807) is 12.1 Å². The van der Waals surface area contributed by atoms with E-state index in [-0.39, 0.29) is 17.1 Å². The van der Waals surface area contributed by atoms with Crippen molar-refractivity contribution in [2.45, 2.75) is 0 Å². The number of carboxylic acid groups (broad SMARTS) is 1. The Hall–Kier alpha value is -2.47. The summed E-state index contributed by atoms with van der Waals surface area (Å²) in [6.45, 7) is 0. The molecule has 0 aromatic carbocycles. The minimum Gasteiger partial charge on any atom is -0.477 e. The first-order chi connectivity index (χ1) is 9.08. The molecule has 2 heterocycles. The molecule has 96 valence electrons. The molecule has 2 aromatic heterocycles. The molecule has 1 amide bonds. The van der Waals surface area contributed by atoms with Crippen molar-refractivity contribution in [2.75, 3.05) is 5.32 Å². The molecule has 2 aromatic rings. The molecule has 0 aliphatic rings. The van der Waals surface area contributed by atoms with Gasteiger partial charge in [0, 0.05) is 12.4 Å². The number of pyridine rings is 2. The maximum absolute atomic E-state index is 11.9. The fourth-order valence-electron chi connectivity index (χ4n) is 1.31. The number of carboxylic acids is 1. The first kappa shape index (κ1) is 13.0. The second kappa shape index (κ2) is 5.45. The third-order valence-electron chi connectivity index (χ3n) is 2.24. The SMILES string of the molecule is O=C(Nc1ncccc1Cl)c1ccc(C(=O)O)nc1. The Morgan fingerprint density at radius 3 is 2.58 bits per heavy atom. The number of hydrogen-bond donors (Lipinski definition) is 2. The molecule has 0 saturated heterocycles. The van der Waals surface area contributed by atoms with Gasteiger partial charge in [-0.25, -0.2) is 14.8 Å². The van der Waals surface area contributed by atoms with Gasteiger partial charge >= 0.3 is 5.97 Å². The number of carbonyl (C=O) groups excluding carboxylic acids is 1. The van der Waals surface area contributed by atoms with E-state index >= 15 is 0 Å². The van der Waals surface area contributed by atoms with Crippen LogP contribution in [0.3, 0.4) is 0 Å². The van der Waals surface area contributed by atoms with Crippen molar-refractivity contribution in [3.8, 4) is 0 Å². The summed E-state index contributed by atoms with van der Waals surface area (Å²) in [7, 11) is 0. The highest BCUT2D eigenvalue weighted by Crippen LogP contribution is 2.18. The first-order valence-corrected chi connectivity index (χ1v) is 5.57. The smallest absolute Gasteiger partial charge is 0.354 e. The Bertz CT molecular complexity index is 628. The van der Waals surface area contributed by atoms with E-state index in [0.717, 1.165) is 0 Å². The number of aromatic nitrogens is 2. The largest absolute Gasteiger partial charge is 0.477 e. The number of aromatic carboxylic acids is 1. The van der Waals surface area contributed by atoms with Gasteiger partial charge in [0.2, 0.25) is 0 Å². The van der Waals surface area contributed by atoms with Gasteiger partial charge in [-0.15, -0.1) is 0 Å². The Kier molecular flexibility index (Phi) is 3.72. The van der Waals surface area contributed by atoms with Crippen LogP contribution in [0.4, 0.5) is 5.82 Å². The lowest BCUT2D eigenvalue weighted by Gasteiger charge is -2.05. The van der Waals surface area contributed by atoms with Gasteiger partial charge in [-0.2, -0.15) is 0 Å². The molecular weight excluding hydrogens is 270 g/mol. The van der Waals surface area contributed by atoms with E-state index in [2.05, 4.69) is 15.3 Å². The summed E-state index contributed by atoms with van der Waals surface area (Å²) >= 11 is 5.85. The topological polar surface area (TPSA) is 92.2 Å². The predicted octanol–water partition coefficient (Wildman–Crippen LogP) is 2.08. The van der Waals surface area contributed by atoms with Crippen molar-refractivity contribution in [1.82, 2.24) is 9.97 Å². The molecule has 19 heavy (non-hydrogen) atoms. The quantitative estimate of drug-likeness (QED) is 0.896. The molecule has 0 saturated carbocycles. The highest BCUT2D eigenvalue weighted by atomic mass is 35.5. The highest BCUT2D eigenvalue weighted by molar-refractivity contribution is 6.33. The lowest BCUT2D eigenvalue weighted by Crippen LogP contribution is -2.14. The van der Waals surface area contributed by atoms with Crippen LogP contribution in [0.2, 0.25) is 5.02 Å². The van der Waals surface area contributed by atoms with Gasteiger partial charge in [-0.1, -0.05) is 11.6 Å². The summed E-state index contributed by atoms with van der Waals surface area (Å²) in [6, 6.07) is 5.84. The van der Waals surface area contributed by atoms with Crippen molar-refractivity contribution in [1.29, 1.82) is 0 Å². The summed E-state index contributed by atoms with van der Waals surface area (Å²) in [5.41, 5.74) is 0.0825. The lowest BCUT2D eigenvalue weighted by atomic mass is 10.2. The van der Waals surface area contributed by atoms with Crippen molar-refractivity contribution in [3.05, 3.63) is 52.9 Å². The second-order valence-electron chi connectivity index (χ2n) is 3.53. The van der Waals surface area contributed by atoms with E-state index in [1.807, 2.05) is 0 Å². The summed E-state index contributed by atoms with van der Waals surface area (Å²) in [5.74, 6) is -1.39. The zero-order valence-electron chi connectivity index (χ0n) is 9.50. The zero-order valence-corrected chi connectivity index (χ0v) is 10.3. The van der Waals surface area contributed by atoms with Crippen LogP contribution in [0.15, 0.2) is 36.7 Å². The molecule has 6 nitrogen and oxygen atoms in total. The van der Waals surface area contributed by atoms with Crippen LogP contribution in [0.1, 0.15) is 20.8 Å². The van der Waals surface area contributed by atoms with Gasteiger partial charge in [-0.05, 0) is 24.3 Å². The van der Waals surface area contributed by atoms with Crippen LogP contribution in [0.25, 0.3) is 0 Å². The Morgan fingerprint density at radius 2 is 2.00 bits per heavy atom. The minimum absolute atomic E-state index is 0.132. The average molecular weight is 278 g/mol. The number of hydrogen-bond acceptors (Lipinski definition) is 4. The molecule has 7 heteroatoms. The van der Waals surface area contributed by atoms with E-state index in [9.17, 15) is 9.59 Å². The third kappa shape index (κ3) is 3.05. The van der Waals surface area contributed by atoms with E-state index in [4.69, 9.17) is 16.7 Å². The predicted molar refractivity (Wildman–Crippen MR) is 68.4 cm³/mol. The number of carbonyl (C=O) groups is 2. The van der Waals surface area contributed by atoms with Gasteiger partial charge in [0.25, 0.3) is 5.91 Å². The standard InChI is InChI=1S/C12H8ClN3O3/c13-8-2-1-5-14-10(8)16-11(17)7-3-4-9(12(18)19)15-6-7/h1-6H,(H,18,19)(H,14,16,17). The van der Waals surface area contributed by atoms with E-state index in [1.165, 1.54) is 24.5 Å². The first-order valence-electron chi connectivity index (χ1n) is 5.19. The third-order valence-corrected chi connectivity index (χ3v) is 2.54. The molecule has 2 N–H and O–H groups in total. The van der Waals surface area contributed by atoms with Crippen LogP contribution in [0.5, 0.6) is 0 Å². The van der Waals surface area contributed by atoms with Gasteiger partial charge < -0.3 is 10.4 Å². The number of nitrogens with zero attached hydrogens (tertiary/aromatic N) is 2. The van der Waals surface area contributed by atoms with Crippen LogP contribution in [0, 0.1) is 0 Å². The van der Waals surface area contributed by atoms with Crippen LogP contribution < -0.4 is 5.32 Å². The fraction of sp³-hybridized carbons (Fsp3) is 0. The lowest BCUT2D eigenvalue weighted by molar-refractivity contribution is 0.0690. The summed E-state index contributed by atoms with van der Waals surface area (Å²) in [4.78, 5) is 30.0. The molecule has 0 unspecified atom stereocenters. The highest BCUT2D eigenvalue weighted by Gasteiger charge is 2.11. The normalized spacial score (nSPS) is 9.95. The Balaban J connectivity index is 2.16. The van der Waals surface area contributed by atoms with Crippen molar-refractivity contribution < 1.29 is 14.7 Å². The molecule has 0 radical (unpaired) electrons. The molecule has 0 spiro atoms. The van der Waals surface area contributed by atoms with Crippen LogP contribution >= 0.6 is 11.6 Å². The van der Waals surface area contributed by atoms with E-state index in [0.29, 0.717) is 5.02 Å². The molecule has 0 bridgehead atoms. The second-order valence-corrected chi connectivity index (χ2v) is 3.93. The Labute approximate surface area is 113 Å². The average Bonchev–Trinajstić information content (AvgIpc) is 2.41. The number of anilines is 1. The Morgan fingerprint density at radius 1 is 1.21 bits per heavy atom. The maximum Gasteiger partial charge on any atom is 0.354 e. The summed E-state index contributed by atoms with van der Waals surface area (Å²) in [6.07, 6.45) is 2.67. The fourth-order valence-corrected chi connectivity index (χ4v) is 1.48. The van der Waals surface area contributed by atoms with Crippen LogP contribution in [-0.2, 0) is 0 Å². The molecular formula is C12H8ClN3O3. The number of rotatable bonds is 3. The molecule has 0 atom stereocenters. The number of nitrogens with one attached hydrogen (secondary N) is 1. The summed E-state index contributed by atoms with van der Waals surface area (Å²) in [5, 5.41) is 11.5. The number of halogens is 1. The van der Waals surface area contributed by atoms with Gasteiger partial charge in [-0.3, -0.25) is 4.79 Å². The van der Waals surface area contributed by atoms with E-state index < -0.39 is 11.9 Å². The zero-order chi connectivity index (χ0) is 13.8. The monoisotopic (exact) mass is 277 g/mol. The number of amides is 1. The molecule has 0 aliphatic carbocycles. The summed E-state index contributed by atoms with van der Waals surface area (Å²) < 4.78 is 0. The molecule has 0 fully saturated rings. The minimum atomic E-state index is -1.15. The van der Waals surface area contributed by atoms with Gasteiger partial charge in [0.05, 0.1) is 10.6 Å². The van der Waals surface area contributed by atoms with Gasteiger partial charge in [0.15, 0.2) is 5.82 Å².